The zero-order chi connectivity index (χ0) is 25.2. The first-order valence-corrected chi connectivity index (χ1v) is 13.3. The fourth-order valence-electron chi connectivity index (χ4n) is 6.22. The monoisotopic (exact) mass is 665 g/mol. The summed E-state index contributed by atoms with van der Waals surface area (Å²) in [6.45, 7) is 10.8. The molecule has 3 nitrogen and oxygen atoms in total. The smallest absolute Gasteiger partial charge is 0.0646 e. The molecule has 0 bridgehead atoms. The van der Waals surface area contributed by atoms with Gasteiger partial charge in [0.25, 0.3) is 0 Å². The Kier molecular flexibility index (Phi) is 9.55. The van der Waals surface area contributed by atoms with E-state index in [-0.39, 0.29) is 49.1 Å². The van der Waals surface area contributed by atoms with Gasteiger partial charge in [0.1, 0.15) is 0 Å². The third-order valence-corrected chi connectivity index (χ3v) is 8.63. The van der Waals surface area contributed by atoms with Crippen LogP contribution in [0.15, 0.2) is 54.7 Å². The summed E-state index contributed by atoms with van der Waals surface area (Å²) in [5, 5.41) is 24.0. The Balaban J connectivity index is 0.000000195. The number of aryl methyl sites for hydroxylation is 1. The van der Waals surface area contributed by atoms with Crippen molar-refractivity contribution in [1.29, 1.82) is 0 Å². The van der Waals surface area contributed by atoms with Gasteiger partial charge in [-0.05, 0) is 71.4 Å². The number of aliphatic hydroxyl groups is 2. The van der Waals surface area contributed by atoms with Gasteiger partial charge in [-0.1, -0.05) is 64.8 Å². The molecule has 2 aromatic carbocycles. The Morgan fingerprint density at radius 2 is 1.53 bits per heavy atom. The number of aromatic nitrogens is 1. The molecule has 1 radical (unpaired) electrons. The molecule has 2 unspecified atom stereocenters. The molecule has 5 rings (SSSR count). The number of nitrogens with zero attached hydrogens (tertiary/aromatic N) is 1. The van der Waals surface area contributed by atoms with E-state index in [2.05, 4.69) is 69.9 Å². The van der Waals surface area contributed by atoms with Crippen LogP contribution in [0.1, 0.15) is 71.8 Å². The fourth-order valence-corrected chi connectivity index (χ4v) is 6.22. The summed E-state index contributed by atoms with van der Waals surface area (Å²) < 4.78 is 0. The van der Waals surface area contributed by atoms with Crippen LogP contribution in [0.4, 0.5) is 0 Å². The van der Waals surface area contributed by atoms with Crippen LogP contribution in [0.3, 0.4) is 0 Å². The van der Waals surface area contributed by atoms with E-state index >= 15 is 0 Å². The van der Waals surface area contributed by atoms with Gasteiger partial charge in [0.05, 0.1) is 12.2 Å². The summed E-state index contributed by atoms with van der Waals surface area (Å²) in [7, 11) is 0. The predicted octanol–water partition coefficient (Wildman–Crippen LogP) is 7.37. The molecule has 0 spiro atoms. The molecular weight excluding hydrogens is 623 g/mol. The van der Waals surface area contributed by atoms with Crippen molar-refractivity contribution in [1.82, 2.24) is 4.98 Å². The minimum absolute atomic E-state index is 0. The molecule has 4 heteroatoms. The molecule has 2 atom stereocenters. The Labute approximate surface area is 231 Å². The van der Waals surface area contributed by atoms with E-state index in [1.165, 1.54) is 42.0 Å². The molecular formula is C32H42IrNO2-. The van der Waals surface area contributed by atoms with E-state index in [1.54, 1.807) is 0 Å². The standard InChI is InChI=1S/C16H12N.C16H30O2.Ir/c1-12-6-5-9-14-11-17-16(10-15(12)14)13-7-3-2-4-8-13;1-15(2)9-5-7-11-8-6-10-16(3,4)14(18)12(11)13(15)17;/h2-7,9-11H,1H3;11-14,17-18H,5-10H2,1-4H3;/q-1;;. The maximum atomic E-state index is 10.8. The molecule has 2 aliphatic carbocycles. The summed E-state index contributed by atoms with van der Waals surface area (Å²) in [5.41, 5.74) is 3.19. The third-order valence-electron chi connectivity index (χ3n) is 8.63. The number of hydrogen-bond acceptors (Lipinski definition) is 3. The van der Waals surface area contributed by atoms with Gasteiger partial charge in [-0.15, -0.1) is 35.9 Å². The first-order chi connectivity index (χ1) is 16.6. The van der Waals surface area contributed by atoms with E-state index in [0.29, 0.717) is 5.92 Å². The Hall–Kier alpha value is -1.58. The number of aliphatic hydroxyl groups excluding tert-OH is 2. The molecule has 2 fully saturated rings. The quantitative estimate of drug-likeness (QED) is 0.267. The van der Waals surface area contributed by atoms with Crippen LogP contribution in [0.5, 0.6) is 0 Å². The average Bonchev–Trinajstić information content (AvgIpc) is 3.02. The predicted molar refractivity (Wildman–Crippen MR) is 145 cm³/mol. The Morgan fingerprint density at radius 3 is 2.11 bits per heavy atom. The third kappa shape index (κ3) is 6.27. The summed E-state index contributed by atoms with van der Waals surface area (Å²) in [6.07, 6.45) is 8.10. The minimum atomic E-state index is -0.364. The molecule has 36 heavy (non-hydrogen) atoms. The first kappa shape index (κ1) is 29.0. The number of fused-ring (bicyclic) bond motifs is 2. The summed E-state index contributed by atoms with van der Waals surface area (Å²) in [4.78, 5) is 4.49. The summed E-state index contributed by atoms with van der Waals surface area (Å²) in [6, 6.07) is 19.5. The molecule has 2 saturated carbocycles. The van der Waals surface area contributed by atoms with Crippen LogP contribution < -0.4 is 0 Å². The van der Waals surface area contributed by atoms with Crippen molar-refractivity contribution in [2.45, 2.75) is 85.4 Å². The van der Waals surface area contributed by atoms with Crippen molar-refractivity contribution in [2.75, 3.05) is 0 Å². The van der Waals surface area contributed by atoms with Crippen molar-refractivity contribution >= 4 is 10.8 Å². The van der Waals surface area contributed by atoms with Crippen molar-refractivity contribution in [2.24, 2.45) is 22.7 Å². The minimum Gasteiger partial charge on any atom is -0.392 e. The van der Waals surface area contributed by atoms with Gasteiger partial charge < -0.3 is 15.2 Å². The van der Waals surface area contributed by atoms with Crippen molar-refractivity contribution in [3.05, 3.63) is 66.4 Å². The number of hydrogen-bond donors (Lipinski definition) is 2. The SMILES string of the molecule is CC1(C)CCCC2CCCC(C)(C)C(O)C2C1O.Cc1cccc2cnc(-c3[c-]cccc3)cc12.[Ir]. The first-order valence-electron chi connectivity index (χ1n) is 13.3. The van der Waals surface area contributed by atoms with E-state index in [0.717, 1.165) is 24.1 Å². The molecule has 0 aliphatic heterocycles. The van der Waals surface area contributed by atoms with Crippen LogP contribution >= 0.6 is 0 Å². The van der Waals surface area contributed by atoms with Crippen molar-refractivity contribution < 1.29 is 30.3 Å². The van der Waals surface area contributed by atoms with Gasteiger partial charge in [0, 0.05) is 32.2 Å². The van der Waals surface area contributed by atoms with Crippen LogP contribution in [0.2, 0.25) is 0 Å². The molecule has 2 aliphatic rings. The Morgan fingerprint density at radius 1 is 0.889 bits per heavy atom. The van der Waals surface area contributed by atoms with Gasteiger partial charge in [-0.25, -0.2) is 0 Å². The fraction of sp³-hybridized carbons (Fsp3) is 0.531. The molecule has 0 amide bonds. The second-order valence-corrected chi connectivity index (χ2v) is 12.1. The van der Waals surface area contributed by atoms with Gasteiger partial charge in [-0.2, -0.15) is 0 Å². The molecule has 1 heterocycles. The van der Waals surface area contributed by atoms with E-state index in [9.17, 15) is 10.2 Å². The van der Waals surface area contributed by atoms with E-state index in [1.807, 2.05) is 30.5 Å². The average molecular weight is 665 g/mol. The maximum Gasteiger partial charge on any atom is 0.0646 e. The molecule has 197 valence electrons. The van der Waals surface area contributed by atoms with Crippen molar-refractivity contribution in [3.63, 3.8) is 0 Å². The van der Waals surface area contributed by atoms with Gasteiger partial charge in [0.15, 0.2) is 0 Å². The van der Waals surface area contributed by atoms with Gasteiger partial charge in [0.2, 0.25) is 0 Å². The number of pyridine rings is 1. The Bertz CT molecular complexity index is 1100. The maximum absolute atomic E-state index is 10.8. The molecule has 2 N–H and O–H groups in total. The van der Waals surface area contributed by atoms with Crippen LogP contribution in [-0.2, 0) is 20.1 Å². The normalized spacial score (nSPS) is 26.9. The van der Waals surface area contributed by atoms with Crippen molar-refractivity contribution in [3.8, 4) is 11.3 Å². The van der Waals surface area contributed by atoms with Gasteiger partial charge in [-0.3, -0.25) is 0 Å². The molecule has 0 saturated heterocycles. The zero-order valence-corrected chi connectivity index (χ0v) is 24.8. The molecule has 3 aromatic rings. The summed E-state index contributed by atoms with van der Waals surface area (Å²) in [5.74, 6) is 0.582. The summed E-state index contributed by atoms with van der Waals surface area (Å²) >= 11 is 0. The zero-order valence-electron chi connectivity index (χ0n) is 22.4. The van der Waals surface area contributed by atoms with Crippen LogP contribution in [0.25, 0.3) is 22.0 Å². The van der Waals surface area contributed by atoms with E-state index in [4.69, 9.17) is 0 Å². The largest absolute Gasteiger partial charge is 0.392 e. The number of benzene rings is 2. The van der Waals surface area contributed by atoms with Crippen LogP contribution in [0, 0.1) is 35.7 Å². The second-order valence-electron chi connectivity index (χ2n) is 12.1. The number of rotatable bonds is 1. The van der Waals surface area contributed by atoms with E-state index < -0.39 is 0 Å². The topological polar surface area (TPSA) is 53.4 Å². The second kappa shape index (κ2) is 11.9. The molecule has 1 aromatic heterocycles. The van der Waals surface area contributed by atoms with Gasteiger partial charge >= 0.3 is 0 Å². The van der Waals surface area contributed by atoms with Crippen LogP contribution in [-0.4, -0.2) is 27.4 Å².